The molecule has 1 atom stereocenters. The molecule has 1 saturated heterocycles. The first-order valence-corrected chi connectivity index (χ1v) is 6.77. The molecule has 1 aliphatic heterocycles. The topological polar surface area (TPSA) is 64.4 Å². The molecule has 2 aliphatic rings. The van der Waals surface area contributed by atoms with E-state index in [2.05, 4.69) is 12.2 Å². The number of hydrogen-bond acceptors (Lipinski definition) is 3. The largest absolute Gasteiger partial charge is 0.381 e. The number of hydrogen-bond donors (Lipinski definition) is 2. The van der Waals surface area contributed by atoms with E-state index >= 15 is 0 Å². The lowest BCUT2D eigenvalue weighted by Crippen LogP contribution is -2.53. The predicted octanol–water partition coefficient (Wildman–Crippen LogP) is 1.05. The van der Waals surface area contributed by atoms with Gasteiger partial charge in [0.25, 0.3) is 0 Å². The van der Waals surface area contributed by atoms with Crippen LogP contribution in [0.1, 0.15) is 39.0 Å². The van der Waals surface area contributed by atoms with Crippen molar-refractivity contribution in [3.8, 4) is 0 Å². The lowest BCUT2D eigenvalue weighted by molar-refractivity contribution is -0.137. The van der Waals surface area contributed by atoms with Crippen molar-refractivity contribution in [2.24, 2.45) is 17.1 Å². The van der Waals surface area contributed by atoms with Crippen LogP contribution in [0.2, 0.25) is 0 Å². The lowest BCUT2D eigenvalue weighted by atomic mass is 9.77. The summed E-state index contributed by atoms with van der Waals surface area (Å²) >= 11 is 0. The Morgan fingerprint density at radius 2 is 2.12 bits per heavy atom. The van der Waals surface area contributed by atoms with Crippen molar-refractivity contribution in [3.63, 3.8) is 0 Å². The van der Waals surface area contributed by atoms with Crippen molar-refractivity contribution >= 4 is 5.91 Å². The molecule has 2 fully saturated rings. The summed E-state index contributed by atoms with van der Waals surface area (Å²) in [6.45, 7) is 3.86. The van der Waals surface area contributed by atoms with Crippen LogP contribution >= 0.6 is 0 Å². The molecule has 0 aromatic carbocycles. The van der Waals surface area contributed by atoms with Gasteiger partial charge in [0.15, 0.2) is 0 Å². The second kappa shape index (κ2) is 5.36. The van der Waals surface area contributed by atoms with Gasteiger partial charge in [0.1, 0.15) is 0 Å². The van der Waals surface area contributed by atoms with E-state index in [4.69, 9.17) is 10.5 Å². The third-order valence-corrected chi connectivity index (χ3v) is 4.54. The summed E-state index contributed by atoms with van der Waals surface area (Å²) in [5.74, 6) is 0.816. The Morgan fingerprint density at radius 1 is 1.47 bits per heavy atom. The maximum Gasteiger partial charge on any atom is 0.227 e. The Labute approximate surface area is 103 Å². The van der Waals surface area contributed by atoms with Gasteiger partial charge in [-0.05, 0) is 38.5 Å². The van der Waals surface area contributed by atoms with Gasteiger partial charge < -0.3 is 15.8 Å². The van der Waals surface area contributed by atoms with Crippen LogP contribution in [0.5, 0.6) is 0 Å². The summed E-state index contributed by atoms with van der Waals surface area (Å²) in [6, 6.07) is 0.294. The number of ether oxygens (including phenoxy) is 1. The smallest absolute Gasteiger partial charge is 0.227 e. The molecule has 1 amide bonds. The van der Waals surface area contributed by atoms with Crippen LogP contribution in [0.3, 0.4) is 0 Å². The minimum Gasteiger partial charge on any atom is -0.381 e. The fourth-order valence-electron chi connectivity index (χ4n) is 2.70. The molecular formula is C13H24N2O2. The summed E-state index contributed by atoms with van der Waals surface area (Å²) in [7, 11) is 0. The highest BCUT2D eigenvalue weighted by molar-refractivity contribution is 5.83. The summed E-state index contributed by atoms with van der Waals surface area (Å²) < 4.78 is 5.33. The minimum atomic E-state index is -0.379. The zero-order valence-corrected chi connectivity index (χ0v) is 10.7. The molecule has 1 unspecified atom stereocenters. The summed E-state index contributed by atoms with van der Waals surface area (Å²) in [4.78, 5) is 12.4. The molecule has 98 valence electrons. The SMILES string of the molecule is CC(NC(=O)C1(CN)CCOCC1)C1CCC1. The molecule has 0 aromatic heterocycles. The van der Waals surface area contributed by atoms with Gasteiger partial charge in [-0.1, -0.05) is 6.42 Å². The number of nitrogens with one attached hydrogen (secondary N) is 1. The quantitative estimate of drug-likeness (QED) is 0.772. The van der Waals surface area contributed by atoms with Gasteiger partial charge in [0.05, 0.1) is 5.41 Å². The lowest BCUT2D eigenvalue weighted by Gasteiger charge is -2.38. The van der Waals surface area contributed by atoms with E-state index < -0.39 is 0 Å². The predicted molar refractivity (Wildman–Crippen MR) is 66.5 cm³/mol. The molecule has 4 heteroatoms. The van der Waals surface area contributed by atoms with E-state index in [1.807, 2.05) is 0 Å². The first-order valence-electron chi connectivity index (χ1n) is 6.77. The maximum absolute atomic E-state index is 12.4. The third-order valence-electron chi connectivity index (χ3n) is 4.54. The third kappa shape index (κ3) is 2.63. The first kappa shape index (κ1) is 12.8. The van der Waals surface area contributed by atoms with Gasteiger partial charge in [-0.25, -0.2) is 0 Å². The van der Waals surface area contributed by atoms with Crippen molar-refractivity contribution in [2.75, 3.05) is 19.8 Å². The van der Waals surface area contributed by atoms with Crippen LogP contribution in [0, 0.1) is 11.3 Å². The molecule has 1 saturated carbocycles. The van der Waals surface area contributed by atoms with Crippen LogP contribution in [-0.4, -0.2) is 31.7 Å². The van der Waals surface area contributed by atoms with Crippen molar-refractivity contribution in [2.45, 2.75) is 45.1 Å². The molecule has 3 N–H and O–H groups in total. The van der Waals surface area contributed by atoms with Crippen molar-refractivity contribution in [3.05, 3.63) is 0 Å². The Morgan fingerprint density at radius 3 is 2.59 bits per heavy atom. The van der Waals surface area contributed by atoms with E-state index in [0.717, 1.165) is 12.8 Å². The molecular weight excluding hydrogens is 216 g/mol. The van der Waals surface area contributed by atoms with E-state index in [1.54, 1.807) is 0 Å². The number of rotatable bonds is 4. The molecule has 1 aliphatic carbocycles. The summed E-state index contributed by atoms with van der Waals surface area (Å²) in [5.41, 5.74) is 5.44. The Hall–Kier alpha value is -0.610. The first-order chi connectivity index (χ1) is 8.18. The van der Waals surface area contributed by atoms with E-state index in [1.165, 1.54) is 19.3 Å². The molecule has 0 radical (unpaired) electrons. The highest BCUT2D eigenvalue weighted by atomic mass is 16.5. The second-order valence-corrected chi connectivity index (χ2v) is 5.55. The van der Waals surface area contributed by atoms with E-state index in [0.29, 0.717) is 31.7 Å². The highest BCUT2D eigenvalue weighted by Gasteiger charge is 2.40. The normalized spacial score (nSPS) is 26.0. The molecule has 0 spiro atoms. The molecule has 17 heavy (non-hydrogen) atoms. The average Bonchev–Trinajstić information content (AvgIpc) is 2.27. The van der Waals surface area contributed by atoms with Gasteiger partial charge in [-0.2, -0.15) is 0 Å². The van der Waals surface area contributed by atoms with E-state index in [9.17, 15) is 4.79 Å². The van der Waals surface area contributed by atoms with Crippen LogP contribution in [0.4, 0.5) is 0 Å². The minimum absolute atomic E-state index is 0.141. The molecule has 0 aromatic rings. The van der Waals surface area contributed by atoms with Crippen LogP contribution < -0.4 is 11.1 Å². The van der Waals surface area contributed by atoms with Crippen LogP contribution in [-0.2, 0) is 9.53 Å². The summed E-state index contributed by atoms with van der Waals surface area (Å²) in [6.07, 6.45) is 5.32. The molecule has 2 rings (SSSR count). The van der Waals surface area contributed by atoms with Gasteiger partial charge >= 0.3 is 0 Å². The standard InChI is InChI=1S/C13H24N2O2/c1-10(11-3-2-4-11)15-12(16)13(9-14)5-7-17-8-6-13/h10-11H,2-9,14H2,1H3,(H,15,16). The van der Waals surface area contributed by atoms with E-state index in [-0.39, 0.29) is 11.3 Å². The number of nitrogens with two attached hydrogens (primary N) is 1. The Bertz CT molecular complexity index is 271. The zero-order chi connectivity index (χ0) is 12.3. The highest BCUT2D eigenvalue weighted by Crippen LogP contribution is 2.32. The number of carbonyl (C=O) groups excluding carboxylic acids is 1. The molecule has 4 nitrogen and oxygen atoms in total. The Kier molecular flexibility index (Phi) is 4.05. The van der Waals surface area contributed by atoms with Gasteiger partial charge in [0, 0.05) is 25.8 Å². The van der Waals surface area contributed by atoms with Crippen molar-refractivity contribution in [1.29, 1.82) is 0 Å². The number of carbonyl (C=O) groups is 1. The molecule has 0 bridgehead atoms. The van der Waals surface area contributed by atoms with Gasteiger partial charge in [0.2, 0.25) is 5.91 Å². The summed E-state index contributed by atoms with van der Waals surface area (Å²) in [5, 5.41) is 3.17. The van der Waals surface area contributed by atoms with Gasteiger partial charge in [-0.3, -0.25) is 4.79 Å². The second-order valence-electron chi connectivity index (χ2n) is 5.55. The zero-order valence-electron chi connectivity index (χ0n) is 10.7. The fraction of sp³-hybridized carbons (Fsp3) is 0.923. The van der Waals surface area contributed by atoms with Crippen LogP contribution in [0.15, 0.2) is 0 Å². The average molecular weight is 240 g/mol. The Balaban J connectivity index is 1.91. The van der Waals surface area contributed by atoms with Crippen LogP contribution in [0.25, 0.3) is 0 Å². The molecule has 1 heterocycles. The van der Waals surface area contributed by atoms with Gasteiger partial charge in [-0.15, -0.1) is 0 Å². The number of amides is 1. The van der Waals surface area contributed by atoms with Crippen molar-refractivity contribution in [1.82, 2.24) is 5.32 Å². The van der Waals surface area contributed by atoms with Crippen molar-refractivity contribution < 1.29 is 9.53 Å². The fourth-order valence-corrected chi connectivity index (χ4v) is 2.70. The monoisotopic (exact) mass is 240 g/mol. The maximum atomic E-state index is 12.4.